The van der Waals surface area contributed by atoms with Gasteiger partial charge in [-0.2, -0.15) is 0 Å². The lowest BCUT2D eigenvalue weighted by molar-refractivity contribution is 0.0673. The van der Waals surface area contributed by atoms with Crippen LogP contribution in [0.4, 0.5) is 4.39 Å². The van der Waals surface area contributed by atoms with Crippen LogP contribution in [-0.4, -0.2) is 51.3 Å². The first-order valence-electron chi connectivity index (χ1n) is 6.32. The van der Waals surface area contributed by atoms with Crippen LogP contribution in [0.25, 0.3) is 0 Å². The molecular formula is C14H19BrFNO3. The summed E-state index contributed by atoms with van der Waals surface area (Å²) < 4.78 is 23.9. The Morgan fingerprint density at radius 2 is 1.95 bits per heavy atom. The number of carbonyl (C=O) groups is 1. The summed E-state index contributed by atoms with van der Waals surface area (Å²) in [5.74, 6) is -0.648. The Morgan fingerprint density at radius 3 is 2.60 bits per heavy atom. The Balaban J connectivity index is 2.82. The van der Waals surface area contributed by atoms with Crippen LogP contribution in [0, 0.1) is 5.82 Å². The van der Waals surface area contributed by atoms with Gasteiger partial charge in [-0.25, -0.2) is 4.39 Å². The van der Waals surface area contributed by atoms with Crippen molar-refractivity contribution in [3.05, 3.63) is 34.1 Å². The fraction of sp³-hybridized carbons (Fsp3) is 0.500. The maximum atomic E-state index is 13.3. The maximum Gasteiger partial charge on any atom is 0.255 e. The van der Waals surface area contributed by atoms with E-state index in [4.69, 9.17) is 9.47 Å². The number of methoxy groups -OCH3 is 2. The zero-order chi connectivity index (χ0) is 15.0. The van der Waals surface area contributed by atoms with E-state index in [-0.39, 0.29) is 5.91 Å². The smallest absolute Gasteiger partial charge is 0.255 e. The van der Waals surface area contributed by atoms with E-state index in [2.05, 4.69) is 15.9 Å². The topological polar surface area (TPSA) is 38.8 Å². The van der Waals surface area contributed by atoms with Gasteiger partial charge in [0.15, 0.2) is 0 Å². The molecule has 0 N–H and O–H groups in total. The maximum absolute atomic E-state index is 13.3. The summed E-state index contributed by atoms with van der Waals surface area (Å²) in [6, 6.07) is 4.08. The largest absolute Gasteiger partial charge is 0.385 e. The number of hydrogen-bond donors (Lipinski definition) is 0. The van der Waals surface area contributed by atoms with E-state index in [1.165, 1.54) is 18.2 Å². The first-order valence-corrected chi connectivity index (χ1v) is 7.11. The minimum absolute atomic E-state index is 0.218. The normalized spacial score (nSPS) is 10.6. The lowest BCUT2D eigenvalue weighted by atomic mass is 10.2. The molecule has 1 aromatic rings. The third-order valence-corrected chi connectivity index (χ3v) is 3.48. The van der Waals surface area contributed by atoms with Gasteiger partial charge < -0.3 is 14.4 Å². The van der Waals surface area contributed by atoms with Gasteiger partial charge in [0.2, 0.25) is 0 Å². The second kappa shape index (κ2) is 9.05. The molecule has 0 spiro atoms. The second-order valence-electron chi connectivity index (χ2n) is 4.26. The molecule has 1 aromatic carbocycles. The molecule has 0 heterocycles. The van der Waals surface area contributed by atoms with Crippen LogP contribution in [0.5, 0.6) is 0 Å². The fourth-order valence-corrected chi connectivity index (χ4v) is 2.16. The van der Waals surface area contributed by atoms with Gasteiger partial charge >= 0.3 is 0 Å². The van der Waals surface area contributed by atoms with Crippen LogP contribution in [0.2, 0.25) is 0 Å². The highest BCUT2D eigenvalue weighted by molar-refractivity contribution is 9.10. The Kier molecular flexibility index (Phi) is 7.72. The predicted molar refractivity (Wildman–Crippen MR) is 78.4 cm³/mol. The minimum Gasteiger partial charge on any atom is -0.385 e. The quantitative estimate of drug-likeness (QED) is 0.678. The highest BCUT2D eigenvalue weighted by Gasteiger charge is 2.18. The van der Waals surface area contributed by atoms with Gasteiger partial charge in [0.05, 0.1) is 12.2 Å². The lowest BCUT2D eigenvalue weighted by Gasteiger charge is -2.23. The van der Waals surface area contributed by atoms with Crippen molar-refractivity contribution in [2.75, 3.05) is 40.5 Å². The summed E-state index contributed by atoms with van der Waals surface area (Å²) in [7, 11) is 3.19. The number of carbonyl (C=O) groups excluding carboxylic acids is 1. The number of halogens is 2. The summed E-state index contributed by atoms with van der Waals surface area (Å²) in [5, 5.41) is 0. The molecule has 1 rings (SSSR count). The molecule has 0 bridgehead atoms. The minimum atomic E-state index is -0.430. The van der Waals surface area contributed by atoms with Gasteiger partial charge in [-0.15, -0.1) is 0 Å². The summed E-state index contributed by atoms with van der Waals surface area (Å²) >= 11 is 3.28. The van der Waals surface area contributed by atoms with E-state index in [9.17, 15) is 9.18 Å². The van der Waals surface area contributed by atoms with Crippen molar-refractivity contribution in [2.45, 2.75) is 6.42 Å². The summed E-state index contributed by atoms with van der Waals surface area (Å²) in [6.45, 7) is 2.01. The molecule has 4 nitrogen and oxygen atoms in total. The van der Waals surface area contributed by atoms with E-state index < -0.39 is 5.82 Å². The van der Waals surface area contributed by atoms with Crippen molar-refractivity contribution in [3.8, 4) is 0 Å². The van der Waals surface area contributed by atoms with Crippen LogP contribution in [0.3, 0.4) is 0 Å². The summed E-state index contributed by atoms with van der Waals surface area (Å²) in [6.07, 6.45) is 0.721. The number of nitrogens with zero attached hydrogens (tertiary/aromatic N) is 1. The molecule has 0 atom stereocenters. The van der Waals surface area contributed by atoms with Gasteiger partial charge in [0.25, 0.3) is 5.91 Å². The van der Waals surface area contributed by atoms with Crippen molar-refractivity contribution in [1.82, 2.24) is 4.90 Å². The Labute approximate surface area is 127 Å². The van der Waals surface area contributed by atoms with Crippen LogP contribution >= 0.6 is 15.9 Å². The van der Waals surface area contributed by atoms with Gasteiger partial charge in [-0.1, -0.05) is 0 Å². The SMILES string of the molecule is COCCCN(CCOC)C(=O)c1cc(F)ccc1Br. The Morgan fingerprint density at radius 1 is 1.25 bits per heavy atom. The van der Waals surface area contributed by atoms with Crippen molar-refractivity contribution >= 4 is 21.8 Å². The average molecular weight is 348 g/mol. The molecule has 0 unspecified atom stereocenters. The first kappa shape index (κ1) is 17.1. The molecule has 20 heavy (non-hydrogen) atoms. The first-order chi connectivity index (χ1) is 9.60. The standard InChI is InChI=1S/C14H19BrFNO3/c1-19-8-3-6-17(7-9-20-2)14(18)12-10-11(16)4-5-13(12)15/h4-5,10H,3,6-9H2,1-2H3. The van der Waals surface area contributed by atoms with E-state index in [0.717, 1.165) is 6.42 Å². The average Bonchev–Trinajstić information content (AvgIpc) is 2.44. The van der Waals surface area contributed by atoms with E-state index in [1.807, 2.05) is 0 Å². The van der Waals surface area contributed by atoms with Crippen molar-refractivity contribution in [2.24, 2.45) is 0 Å². The molecule has 0 aromatic heterocycles. The van der Waals surface area contributed by atoms with Crippen molar-refractivity contribution < 1.29 is 18.7 Å². The van der Waals surface area contributed by atoms with Crippen LogP contribution < -0.4 is 0 Å². The van der Waals surface area contributed by atoms with Crippen LogP contribution in [0.1, 0.15) is 16.8 Å². The van der Waals surface area contributed by atoms with E-state index in [1.54, 1.807) is 19.1 Å². The summed E-state index contributed by atoms with van der Waals surface area (Å²) in [4.78, 5) is 14.1. The molecule has 0 saturated heterocycles. The number of benzene rings is 1. The molecule has 112 valence electrons. The monoisotopic (exact) mass is 347 g/mol. The van der Waals surface area contributed by atoms with Crippen LogP contribution in [-0.2, 0) is 9.47 Å². The highest BCUT2D eigenvalue weighted by Crippen LogP contribution is 2.19. The van der Waals surface area contributed by atoms with Crippen molar-refractivity contribution in [1.29, 1.82) is 0 Å². The molecule has 1 amide bonds. The zero-order valence-corrected chi connectivity index (χ0v) is 13.3. The highest BCUT2D eigenvalue weighted by atomic mass is 79.9. The van der Waals surface area contributed by atoms with Gasteiger partial charge in [0, 0.05) is 38.4 Å². The van der Waals surface area contributed by atoms with Gasteiger partial charge in [-0.3, -0.25) is 4.79 Å². The molecular weight excluding hydrogens is 329 g/mol. The number of ether oxygens (including phenoxy) is 2. The Hall–Kier alpha value is -0.980. The fourth-order valence-electron chi connectivity index (χ4n) is 1.75. The lowest BCUT2D eigenvalue weighted by Crippen LogP contribution is -2.35. The van der Waals surface area contributed by atoms with Gasteiger partial charge in [0.1, 0.15) is 5.82 Å². The van der Waals surface area contributed by atoms with Gasteiger partial charge in [-0.05, 0) is 40.5 Å². The van der Waals surface area contributed by atoms with E-state index >= 15 is 0 Å². The number of rotatable bonds is 8. The third-order valence-electron chi connectivity index (χ3n) is 2.79. The molecule has 0 radical (unpaired) electrons. The van der Waals surface area contributed by atoms with E-state index in [0.29, 0.717) is 36.3 Å². The molecule has 6 heteroatoms. The molecule has 0 fully saturated rings. The molecule has 0 saturated carbocycles. The van der Waals surface area contributed by atoms with Crippen LogP contribution in [0.15, 0.2) is 22.7 Å². The molecule has 0 aliphatic rings. The Bertz CT molecular complexity index is 442. The third kappa shape index (κ3) is 5.19. The second-order valence-corrected chi connectivity index (χ2v) is 5.11. The predicted octanol–water partition coefficient (Wildman–Crippen LogP) is 2.71. The molecule has 0 aliphatic carbocycles. The number of amides is 1. The van der Waals surface area contributed by atoms with Crippen molar-refractivity contribution in [3.63, 3.8) is 0 Å². The number of hydrogen-bond acceptors (Lipinski definition) is 3. The summed E-state index contributed by atoms with van der Waals surface area (Å²) in [5.41, 5.74) is 0.318. The molecule has 0 aliphatic heterocycles. The zero-order valence-electron chi connectivity index (χ0n) is 11.7.